The second-order valence-corrected chi connectivity index (χ2v) is 14.8. The molecule has 0 radical (unpaired) electrons. The van der Waals surface area contributed by atoms with Crippen LogP contribution in [0, 0.1) is 58.7 Å². The van der Waals surface area contributed by atoms with Gasteiger partial charge in [0.25, 0.3) is 0 Å². The summed E-state index contributed by atoms with van der Waals surface area (Å²) in [5.41, 5.74) is -0.177. The number of hydrogen-bond donors (Lipinski definition) is 5. The molecule has 0 spiro atoms. The Kier molecular flexibility index (Phi) is 12.4. The average Bonchev–Trinajstić information content (AvgIpc) is 3.35. The maximum absolute atomic E-state index is 12.6. The smallest absolute Gasteiger partial charge is 0.408 e. The number of allylic oxidation sites excluding steroid dienone is 1. The van der Waals surface area contributed by atoms with Crippen molar-refractivity contribution in [3.63, 3.8) is 0 Å². The first kappa shape index (κ1) is 35.7. The van der Waals surface area contributed by atoms with Crippen LogP contribution in [0.5, 0.6) is 0 Å². The Balaban J connectivity index is 1.28. The zero-order valence-corrected chi connectivity index (χ0v) is 27.9. The number of amides is 2. The number of alkyl carbamates (subject to hydrolysis) is 1. The van der Waals surface area contributed by atoms with Gasteiger partial charge in [0.15, 0.2) is 0 Å². The lowest BCUT2D eigenvalue weighted by Crippen LogP contribution is -2.62. The van der Waals surface area contributed by atoms with Crippen molar-refractivity contribution in [2.75, 3.05) is 19.8 Å². The lowest BCUT2D eigenvalue weighted by molar-refractivity contribution is -0.207. The maximum atomic E-state index is 12.6. The number of rotatable bonds is 13. The van der Waals surface area contributed by atoms with Gasteiger partial charge in [-0.1, -0.05) is 33.8 Å². The van der Waals surface area contributed by atoms with E-state index in [1.165, 1.54) is 6.08 Å². The maximum Gasteiger partial charge on any atom is 0.408 e. The van der Waals surface area contributed by atoms with Gasteiger partial charge < -0.3 is 35.4 Å². The van der Waals surface area contributed by atoms with Crippen LogP contribution < -0.4 is 10.6 Å². The minimum Gasteiger partial charge on any atom is -0.447 e. The monoisotopic (exact) mass is 630 g/mol. The molecule has 4 aliphatic rings. The van der Waals surface area contributed by atoms with Crippen molar-refractivity contribution in [3.8, 4) is 12.3 Å². The minimum atomic E-state index is -0.742. The molecule has 45 heavy (non-hydrogen) atoms. The van der Waals surface area contributed by atoms with Gasteiger partial charge in [0.05, 0.1) is 24.9 Å². The highest BCUT2D eigenvalue weighted by atomic mass is 16.6. The molecule has 0 aromatic rings. The van der Waals surface area contributed by atoms with E-state index in [1.54, 1.807) is 0 Å². The number of aliphatic hydroxyl groups is 3. The second-order valence-electron chi connectivity index (χ2n) is 14.8. The fourth-order valence-electron chi connectivity index (χ4n) is 9.98. The van der Waals surface area contributed by atoms with Crippen LogP contribution in [0.15, 0.2) is 12.2 Å². The summed E-state index contributed by atoms with van der Waals surface area (Å²) in [4.78, 5) is 24.7. The van der Waals surface area contributed by atoms with Crippen LogP contribution in [0.2, 0.25) is 0 Å². The topological polar surface area (TPSA) is 137 Å². The van der Waals surface area contributed by atoms with E-state index in [0.717, 1.165) is 57.8 Å². The number of fused-ring (bicyclic) bond motifs is 5. The van der Waals surface area contributed by atoms with Gasteiger partial charge in [-0.25, -0.2) is 4.79 Å². The third kappa shape index (κ3) is 7.89. The molecule has 1 unspecified atom stereocenters. The summed E-state index contributed by atoms with van der Waals surface area (Å²) in [6.07, 6.45) is 15.0. The number of carbonyl (C=O) groups is 2. The molecule has 4 saturated carbocycles. The van der Waals surface area contributed by atoms with E-state index in [0.29, 0.717) is 37.4 Å². The first-order chi connectivity index (χ1) is 21.4. The number of ether oxygens (including phenoxy) is 2. The highest BCUT2D eigenvalue weighted by Crippen LogP contribution is 2.68. The molecule has 9 heteroatoms. The van der Waals surface area contributed by atoms with Crippen molar-refractivity contribution in [1.82, 2.24) is 10.6 Å². The standard InChI is InChI=1S/C36H58N2O7/c1-6-10-31(38-34(43)45-19-18-44-17-7-2)37-32(42)12-9-8-11-23(3)26-13-14-27-33-28(22-30(41)36(26,27)5)35(4)16-15-25(39)20-24(35)21-29(33)40/h1,9,12,23-31,33,39-41H,7-8,10-11,13-22H2,2-5H3,(H,37,42)(H,38,43)/t23-,24+,25-,26-,27+,28+,29-,30+,31?,33+,35+,36-/m1/s1. The second kappa shape index (κ2) is 15.6. The van der Waals surface area contributed by atoms with Gasteiger partial charge in [-0.3, -0.25) is 4.79 Å². The number of carbonyl (C=O) groups excluding carboxylic acids is 2. The van der Waals surface area contributed by atoms with Gasteiger partial charge in [0.1, 0.15) is 12.8 Å². The Bertz CT molecular complexity index is 1080. The molecule has 4 rings (SSSR count). The normalized spacial score (nSPS) is 38.7. The van der Waals surface area contributed by atoms with E-state index in [2.05, 4.69) is 37.3 Å². The Morgan fingerprint density at radius 3 is 2.56 bits per heavy atom. The molecule has 0 aromatic heterocycles. The number of hydrogen-bond acceptors (Lipinski definition) is 7. The van der Waals surface area contributed by atoms with E-state index in [4.69, 9.17) is 15.9 Å². The Hall–Kier alpha value is -2.12. The summed E-state index contributed by atoms with van der Waals surface area (Å²) in [5.74, 6) is 3.90. The summed E-state index contributed by atoms with van der Waals surface area (Å²) in [7, 11) is 0. The molecule has 2 amide bonds. The van der Waals surface area contributed by atoms with Crippen molar-refractivity contribution in [3.05, 3.63) is 12.2 Å². The Morgan fingerprint density at radius 2 is 1.82 bits per heavy atom. The molecule has 0 heterocycles. The van der Waals surface area contributed by atoms with Crippen LogP contribution in [-0.4, -0.2) is 71.6 Å². The van der Waals surface area contributed by atoms with Crippen LogP contribution >= 0.6 is 0 Å². The quantitative estimate of drug-likeness (QED) is 0.0872. The summed E-state index contributed by atoms with van der Waals surface area (Å²) in [5, 5.41) is 39.0. The fourth-order valence-corrected chi connectivity index (χ4v) is 9.98. The Labute approximate surface area is 270 Å². The molecule has 0 aliphatic heterocycles. The van der Waals surface area contributed by atoms with Crippen molar-refractivity contribution in [2.24, 2.45) is 46.3 Å². The minimum absolute atomic E-state index is 0.0682. The third-order valence-electron chi connectivity index (χ3n) is 12.3. The van der Waals surface area contributed by atoms with Crippen LogP contribution in [0.3, 0.4) is 0 Å². The van der Waals surface area contributed by atoms with Gasteiger partial charge in [-0.05, 0) is 117 Å². The molecule has 0 aromatic carbocycles. The van der Waals surface area contributed by atoms with Crippen molar-refractivity contribution < 1.29 is 34.4 Å². The molecule has 4 fully saturated rings. The number of aliphatic hydroxyl groups excluding tert-OH is 3. The highest BCUT2D eigenvalue weighted by molar-refractivity contribution is 5.88. The van der Waals surface area contributed by atoms with Gasteiger partial charge in [0.2, 0.25) is 5.91 Å². The zero-order chi connectivity index (χ0) is 32.8. The molecule has 12 atom stereocenters. The van der Waals surface area contributed by atoms with Gasteiger partial charge >= 0.3 is 6.09 Å². The zero-order valence-electron chi connectivity index (χ0n) is 27.9. The summed E-state index contributed by atoms with van der Waals surface area (Å²) < 4.78 is 10.4. The van der Waals surface area contributed by atoms with E-state index in [9.17, 15) is 24.9 Å². The fraction of sp³-hybridized carbons (Fsp3) is 0.833. The lowest BCUT2D eigenvalue weighted by atomic mass is 9.43. The van der Waals surface area contributed by atoms with E-state index < -0.39 is 18.4 Å². The molecule has 0 bridgehead atoms. The van der Waals surface area contributed by atoms with Gasteiger partial charge in [-0.2, -0.15) is 0 Å². The van der Waals surface area contributed by atoms with E-state index >= 15 is 0 Å². The predicted octanol–water partition coefficient (Wildman–Crippen LogP) is 4.54. The SMILES string of the molecule is C#CCC(NC(=O)C=CCC[C@@H](C)[C@H]1CC[C@H]2[C@@H]3[C@H](O)C[C@@H]4C[C@H](O)CC[C@]4(C)[C@H]3C[C@H](O)[C@]12C)NC(=O)OCCOCCC. The van der Waals surface area contributed by atoms with Gasteiger partial charge in [-0.15, -0.1) is 12.3 Å². The molecular weight excluding hydrogens is 572 g/mol. The number of nitrogens with one attached hydrogen (secondary N) is 2. The summed E-state index contributed by atoms with van der Waals surface area (Å²) >= 11 is 0. The molecule has 254 valence electrons. The van der Waals surface area contributed by atoms with Crippen molar-refractivity contribution in [2.45, 2.75) is 123 Å². The summed E-state index contributed by atoms with van der Waals surface area (Å²) in [6.45, 7) is 9.91. The average molecular weight is 631 g/mol. The summed E-state index contributed by atoms with van der Waals surface area (Å²) in [6, 6.07) is 0. The van der Waals surface area contributed by atoms with E-state index in [-0.39, 0.29) is 59.7 Å². The first-order valence-electron chi connectivity index (χ1n) is 17.4. The van der Waals surface area contributed by atoms with E-state index in [1.807, 2.05) is 13.0 Å². The molecule has 9 nitrogen and oxygen atoms in total. The molecule has 0 saturated heterocycles. The third-order valence-corrected chi connectivity index (χ3v) is 12.3. The van der Waals surface area contributed by atoms with Crippen LogP contribution in [0.25, 0.3) is 0 Å². The number of terminal acetylenes is 1. The van der Waals surface area contributed by atoms with Crippen molar-refractivity contribution >= 4 is 12.0 Å². The largest absolute Gasteiger partial charge is 0.447 e. The highest BCUT2D eigenvalue weighted by Gasteiger charge is 2.65. The van der Waals surface area contributed by atoms with Gasteiger partial charge in [0, 0.05) is 13.0 Å². The van der Waals surface area contributed by atoms with Crippen LogP contribution in [-0.2, 0) is 14.3 Å². The first-order valence-corrected chi connectivity index (χ1v) is 17.4. The van der Waals surface area contributed by atoms with Crippen LogP contribution in [0.4, 0.5) is 4.79 Å². The van der Waals surface area contributed by atoms with Crippen molar-refractivity contribution in [1.29, 1.82) is 0 Å². The lowest BCUT2D eigenvalue weighted by Gasteiger charge is -2.63. The molecular formula is C36H58N2O7. The molecule has 5 N–H and O–H groups in total. The Morgan fingerprint density at radius 1 is 1.04 bits per heavy atom. The molecule has 4 aliphatic carbocycles. The van der Waals surface area contributed by atoms with Crippen LogP contribution in [0.1, 0.15) is 98.3 Å². The predicted molar refractivity (Wildman–Crippen MR) is 173 cm³/mol.